The van der Waals surface area contributed by atoms with Gasteiger partial charge in [-0.1, -0.05) is 30.3 Å². The molecule has 0 radical (unpaired) electrons. The number of nitro groups is 1. The maximum Gasteiger partial charge on any atom is 0.289 e. The molecule has 0 atom stereocenters. The number of para-hydroxylation sites is 1. The molecule has 0 aliphatic carbocycles. The zero-order valence-corrected chi connectivity index (χ0v) is 13.4. The molecule has 0 amide bonds. The standard InChI is InChI=1S/C16H16N2O4S/c1-3-11-17(14-8-6-7-13(2)12-14)23(21,22)16-10-5-4-9-15(16)18(19)20/h3-10,12H,1,11H2,2H3. The van der Waals surface area contributed by atoms with Crippen LogP contribution in [0.1, 0.15) is 5.56 Å². The molecule has 0 saturated heterocycles. The quantitative estimate of drug-likeness (QED) is 0.462. The van der Waals surface area contributed by atoms with E-state index in [0.717, 1.165) is 9.87 Å². The fourth-order valence-electron chi connectivity index (χ4n) is 2.19. The lowest BCUT2D eigenvalue weighted by atomic mass is 10.2. The van der Waals surface area contributed by atoms with E-state index in [9.17, 15) is 18.5 Å². The number of rotatable bonds is 6. The van der Waals surface area contributed by atoms with Crippen LogP contribution in [0.2, 0.25) is 0 Å². The van der Waals surface area contributed by atoms with Crippen molar-refractivity contribution < 1.29 is 13.3 Å². The van der Waals surface area contributed by atoms with Gasteiger partial charge >= 0.3 is 0 Å². The van der Waals surface area contributed by atoms with E-state index in [2.05, 4.69) is 6.58 Å². The second-order valence-corrected chi connectivity index (χ2v) is 6.72. The second kappa shape index (κ2) is 6.62. The number of nitrogens with zero attached hydrogens (tertiary/aromatic N) is 2. The van der Waals surface area contributed by atoms with Crippen molar-refractivity contribution in [1.29, 1.82) is 0 Å². The van der Waals surface area contributed by atoms with Gasteiger partial charge in [-0.2, -0.15) is 0 Å². The van der Waals surface area contributed by atoms with Crippen LogP contribution in [0, 0.1) is 17.0 Å². The summed E-state index contributed by atoms with van der Waals surface area (Å²) in [6.07, 6.45) is 1.44. The van der Waals surface area contributed by atoms with Crippen molar-refractivity contribution in [1.82, 2.24) is 0 Å². The van der Waals surface area contributed by atoms with E-state index in [1.54, 1.807) is 18.2 Å². The van der Waals surface area contributed by atoms with Crippen LogP contribution in [0.5, 0.6) is 0 Å². The lowest BCUT2D eigenvalue weighted by molar-refractivity contribution is -0.387. The van der Waals surface area contributed by atoms with Gasteiger partial charge in [0.25, 0.3) is 15.7 Å². The fraction of sp³-hybridized carbons (Fsp3) is 0.125. The molecule has 0 unspecified atom stereocenters. The Balaban J connectivity index is 2.63. The van der Waals surface area contributed by atoms with Gasteiger partial charge in [0.15, 0.2) is 4.90 Å². The summed E-state index contributed by atoms with van der Waals surface area (Å²) in [4.78, 5) is 10.1. The van der Waals surface area contributed by atoms with E-state index in [4.69, 9.17) is 0 Å². The zero-order chi connectivity index (χ0) is 17.0. The highest BCUT2D eigenvalue weighted by Gasteiger charge is 2.31. The smallest absolute Gasteiger partial charge is 0.262 e. The minimum absolute atomic E-state index is 0.0117. The van der Waals surface area contributed by atoms with Crippen molar-refractivity contribution in [2.75, 3.05) is 10.8 Å². The van der Waals surface area contributed by atoms with Gasteiger partial charge in [-0.05, 0) is 30.7 Å². The van der Waals surface area contributed by atoms with Crippen molar-refractivity contribution in [2.45, 2.75) is 11.8 Å². The topological polar surface area (TPSA) is 80.5 Å². The van der Waals surface area contributed by atoms with Crippen molar-refractivity contribution in [3.8, 4) is 0 Å². The first-order valence-corrected chi connectivity index (χ1v) is 8.25. The molecule has 2 aromatic rings. The third-order valence-electron chi connectivity index (χ3n) is 3.21. The Labute approximate surface area is 134 Å². The SMILES string of the molecule is C=CCN(c1cccc(C)c1)S(=O)(=O)c1ccccc1[N+](=O)[O-]. The average molecular weight is 332 g/mol. The largest absolute Gasteiger partial charge is 0.289 e. The third-order valence-corrected chi connectivity index (χ3v) is 5.06. The first-order valence-electron chi connectivity index (χ1n) is 6.81. The van der Waals surface area contributed by atoms with Crippen LogP contribution in [-0.2, 0) is 10.0 Å². The summed E-state index contributed by atoms with van der Waals surface area (Å²) in [5, 5.41) is 11.1. The number of hydrogen-bond donors (Lipinski definition) is 0. The van der Waals surface area contributed by atoms with E-state index in [1.807, 2.05) is 13.0 Å². The summed E-state index contributed by atoms with van der Waals surface area (Å²) in [7, 11) is -4.09. The normalized spacial score (nSPS) is 11.0. The molecular weight excluding hydrogens is 316 g/mol. The summed E-state index contributed by atoms with van der Waals surface area (Å²) in [6, 6.07) is 12.2. The summed E-state index contributed by atoms with van der Waals surface area (Å²) >= 11 is 0. The van der Waals surface area contributed by atoms with Crippen LogP contribution < -0.4 is 4.31 Å². The predicted octanol–water partition coefficient (Wildman–Crippen LogP) is 3.28. The van der Waals surface area contributed by atoms with Crippen LogP contribution in [-0.4, -0.2) is 19.9 Å². The summed E-state index contributed by atoms with van der Waals surface area (Å²) in [5.74, 6) is 0. The van der Waals surface area contributed by atoms with E-state index in [-0.39, 0.29) is 11.4 Å². The number of benzene rings is 2. The zero-order valence-electron chi connectivity index (χ0n) is 12.5. The number of anilines is 1. The molecule has 0 fully saturated rings. The van der Waals surface area contributed by atoms with Crippen molar-refractivity contribution in [3.63, 3.8) is 0 Å². The minimum atomic E-state index is -4.09. The molecule has 7 heteroatoms. The molecule has 0 spiro atoms. The van der Waals surface area contributed by atoms with E-state index in [0.29, 0.717) is 5.69 Å². The summed E-state index contributed by atoms with van der Waals surface area (Å²) in [5.41, 5.74) is 0.867. The van der Waals surface area contributed by atoms with E-state index >= 15 is 0 Å². The monoisotopic (exact) mass is 332 g/mol. The molecule has 2 aromatic carbocycles. The highest BCUT2D eigenvalue weighted by Crippen LogP contribution is 2.30. The Hall–Kier alpha value is -2.67. The molecule has 0 aliphatic heterocycles. The maximum absolute atomic E-state index is 12.9. The molecule has 0 saturated carbocycles. The Morgan fingerprint density at radius 1 is 1.22 bits per heavy atom. The van der Waals surface area contributed by atoms with Gasteiger partial charge in [-0.3, -0.25) is 14.4 Å². The van der Waals surface area contributed by atoms with Crippen LogP contribution in [0.4, 0.5) is 11.4 Å². The van der Waals surface area contributed by atoms with Gasteiger partial charge in [0.05, 0.1) is 17.2 Å². The van der Waals surface area contributed by atoms with Crippen LogP contribution in [0.25, 0.3) is 0 Å². The highest BCUT2D eigenvalue weighted by molar-refractivity contribution is 7.93. The Morgan fingerprint density at radius 3 is 2.52 bits per heavy atom. The molecule has 0 aromatic heterocycles. The molecule has 6 nitrogen and oxygen atoms in total. The number of nitro benzene ring substituents is 1. The molecule has 0 N–H and O–H groups in total. The fourth-order valence-corrected chi connectivity index (χ4v) is 3.78. The number of aryl methyl sites for hydroxylation is 1. The average Bonchev–Trinajstić information content (AvgIpc) is 2.52. The minimum Gasteiger partial charge on any atom is -0.262 e. The molecule has 0 aliphatic rings. The Morgan fingerprint density at radius 2 is 1.91 bits per heavy atom. The first-order chi connectivity index (χ1) is 10.9. The lowest BCUT2D eigenvalue weighted by Gasteiger charge is -2.23. The molecule has 2 rings (SSSR count). The van der Waals surface area contributed by atoms with Gasteiger partial charge in [0.1, 0.15) is 0 Å². The first kappa shape index (κ1) is 16.7. The van der Waals surface area contributed by atoms with E-state index < -0.39 is 20.6 Å². The second-order valence-electron chi connectivity index (χ2n) is 4.89. The van der Waals surface area contributed by atoms with Gasteiger partial charge in [0.2, 0.25) is 0 Å². The van der Waals surface area contributed by atoms with Crippen molar-refractivity contribution >= 4 is 21.4 Å². The summed E-state index contributed by atoms with van der Waals surface area (Å²) in [6.45, 7) is 5.43. The van der Waals surface area contributed by atoms with Crippen molar-refractivity contribution in [3.05, 3.63) is 76.9 Å². The lowest BCUT2D eigenvalue weighted by Crippen LogP contribution is -2.31. The number of hydrogen-bond acceptors (Lipinski definition) is 4. The Bertz CT molecular complexity index is 847. The molecule has 23 heavy (non-hydrogen) atoms. The third kappa shape index (κ3) is 3.40. The maximum atomic E-state index is 12.9. The van der Waals surface area contributed by atoms with Crippen LogP contribution in [0.15, 0.2) is 66.1 Å². The van der Waals surface area contributed by atoms with Gasteiger partial charge in [0, 0.05) is 6.07 Å². The van der Waals surface area contributed by atoms with Gasteiger partial charge in [-0.25, -0.2) is 8.42 Å². The predicted molar refractivity (Wildman–Crippen MR) is 89.0 cm³/mol. The summed E-state index contributed by atoms with van der Waals surface area (Å²) < 4.78 is 27.0. The number of sulfonamides is 1. The van der Waals surface area contributed by atoms with Gasteiger partial charge < -0.3 is 0 Å². The highest BCUT2D eigenvalue weighted by atomic mass is 32.2. The molecule has 0 heterocycles. The molecule has 0 bridgehead atoms. The van der Waals surface area contributed by atoms with E-state index in [1.165, 1.54) is 30.3 Å². The molecular formula is C16H16N2O4S. The molecule has 120 valence electrons. The van der Waals surface area contributed by atoms with Gasteiger partial charge in [-0.15, -0.1) is 6.58 Å². The van der Waals surface area contributed by atoms with Crippen LogP contribution in [0.3, 0.4) is 0 Å². The Kier molecular flexibility index (Phi) is 4.80. The van der Waals surface area contributed by atoms with Crippen molar-refractivity contribution in [2.24, 2.45) is 0 Å². The van der Waals surface area contributed by atoms with Crippen LogP contribution >= 0.6 is 0 Å².